The molecule has 0 atom stereocenters. The van der Waals surface area contributed by atoms with Gasteiger partial charge >= 0.3 is 0 Å². The molecule has 0 amide bonds. The molecule has 0 aliphatic heterocycles. The molecule has 456 valence electrons. The van der Waals surface area contributed by atoms with Gasteiger partial charge in [-0.2, -0.15) is 0 Å². The first-order valence-corrected chi connectivity index (χ1v) is 31.8. The maximum Gasteiger partial charge on any atom is 0.266 e. The van der Waals surface area contributed by atoms with E-state index in [2.05, 4.69) is 95.2 Å². The van der Waals surface area contributed by atoms with Crippen LogP contribution in [-0.4, -0.2) is 32.0 Å². The first-order valence-electron chi connectivity index (χ1n) is 31.8. The minimum atomic E-state index is -0.552. The van der Waals surface area contributed by atoms with Crippen LogP contribution in [0.5, 0.6) is 17.2 Å². The van der Waals surface area contributed by atoms with Crippen LogP contribution in [0.3, 0.4) is 0 Å². The average molecular weight is 1200 g/mol. The summed E-state index contributed by atoms with van der Waals surface area (Å²) in [5.41, 5.74) is 2.55. The van der Waals surface area contributed by atoms with Gasteiger partial charge in [0.05, 0.1) is 49.4 Å². The number of hydrogen-bond acceptors (Lipinski definition) is 9. The molecule has 0 unspecified atom stereocenters. The number of ether oxygens (including phenoxy) is 3. The van der Waals surface area contributed by atoms with Crippen LogP contribution in [0.2, 0.25) is 0 Å². The minimum absolute atomic E-state index is 0.134. The Morgan fingerprint density at radius 1 is 0.333 bits per heavy atom. The highest BCUT2D eigenvalue weighted by molar-refractivity contribution is 6.30. The molecule has 0 bridgehead atoms. The number of allylic oxidation sites excluding steroid dienone is 12. The summed E-state index contributed by atoms with van der Waals surface area (Å²) in [6.07, 6.45) is 19.6. The van der Waals surface area contributed by atoms with Crippen molar-refractivity contribution in [2.45, 2.75) is 121 Å². The Kier molecular flexibility index (Phi) is 15.1. The summed E-state index contributed by atoms with van der Waals surface area (Å²) in [7, 11) is 0. The second-order valence-electron chi connectivity index (χ2n) is 26.8. The number of fused-ring (bicyclic) bond motifs is 9. The monoisotopic (exact) mass is 1200 g/mol. The van der Waals surface area contributed by atoms with E-state index in [1.54, 1.807) is 54.6 Å². The van der Waals surface area contributed by atoms with Crippen LogP contribution in [-0.2, 0) is 0 Å². The Balaban J connectivity index is 1.11. The van der Waals surface area contributed by atoms with Gasteiger partial charge in [0, 0.05) is 34.9 Å². The van der Waals surface area contributed by atoms with E-state index in [1.165, 1.54) is 13.7 Å². The van der Waals surface area contributed by atoms with Crippen LogP contribution < -0.4 is 47.6 Å². The van der Waals surface area contributed by atoms with E-state index in [0.717, 1.165) is 16.7 Å². The Hall–Kier alpha value is -9.42. The van der Waals surface area contributed by atoms with Gasteiger partial charge in [0.1, 0.15) is 35.6 Å². The van der Waals surface area contributed by atoms with Gasteiger partial charge < -0.3 is 14.2 Å². The van der Waals surface area contributed by atoms with Crippen molar-refractivity contribution in [3.05, 3.63) is 224 Å². The van der Waals surface area contributed by atoms with Gasteiger partial charge in [0.25, 0.3) is 33.4 Å². The molecule has 0 saturated heterocycles. The Morgan fingerprint density at radius 3 is 0.856 bits per heavy atom. The summed E-state index contributed by atoms with van der Waals surface area (Å²) in [5, 5.41) is 3.77. The molecular weight excluding hydrogens is 1120 g/mol. The Morgan fingerprint density at radius 2 is 0.611 bits per heavy atom. The largest absolute Gasteiger partial charge is 0.490 e. The van der Waals surface area contributed by atoms with E-state index in [9.17, 15) is 0 Å². The predicted molar refractivity (Wildman–Crippen MR) is 368 cm³/mol. The molecule has 10 aromatic rings. The highest BCUT2D eigenvalue weighted by Gasteiger charge is 2.30. The van der Waals surface area contributed by atoms with Crippen molar-refractivity contribution in [1.29, 1.82) is 0 Å². The molecule has 12 heteroatoms. The fourth-order valence-corrected chi connectivity index (χ4v) is 14.5. The SMILES string of the molecule is CC(C)C(Oc1ccc(C2=CCC=C2)c(-n2c(=O)c3cc4c5cc6c(=O)n(-c7cc(OC(C(C)C)C(C)C)ccc7C7=CCC=C7)c(=O)c6cc5c5cc6c(=O)n(-c7cc(OC(C(C)C)C(C)C)ccc7C7=CC=CC7)c(=O)c6cc5c4cc3c2=O)c1)C(C)C. The quantitative estimate of drug-likeness (QED) is 0.0767. The van der Waals surface area contributed by atoms with Gasteiger partial charge in [-0.15, -0.1) is 0 Å². The molecule has 3 heterocycles. The maximum atomic E-state index is 15.4. The Bertz CT molecular complexity index is 4900. The molecule has 3 aromatic heterocycles. The predicted octanol–water partition coefficient (Wildman–Crippen LogP) is 15.7. The topological polar surface area (TPSA) is 145 Å². The van der Waals surface area contributed by atoms with Gasteiger partial charge in [0.2, 0.25) is 0 Å². The average Bonchev–Trinajstić information content (AvgIpc) is 1.45. The van der Waals surface area contributed by atoms with Crippen molar-refractivity contribution >= 4 is 81.4 Å². The summed E-state index contributed by atoms with van der Waals surface area (Å²) in [4.78, 5) is 92.6. The molecule has 7 aromatic carbocycles. The third-order valence-electron chi connectivity index (χ3n) is 18.6. The highest BCUT2D eigenvalue weighted by atomic mass is 16.5. The fraction of sp³-hybridized carbons (Fsp3) is 0.308. The molecule has 0 spiro atoms. The zero-order chi connectivity index (χ0) is 63.5. The maximum absolute atomic E-state index is 15.4. The van der Waals surface area contributed by atoms with Crippen LogP contribution in [0, 0.1) is 35.5 Å². The molecule has 13 rings (SSSR count). The van der Waals surface area contributed by atoms with E-state index >= 15 is 28.8 Å². The summed E-state index contributed by atoms with van der Waals surface area (Å²) < 4.78 is 23.7. The van der Waals surface area contributed by atoms with Crippen molar-refractivity contribution in [1.82, 2.24) is 13.7 Å². The second-order valence-corrected chi connectivity index (χ2v) is 26.8. The van der Waals surface area contributed by atoms with Crippen molar-refractivity contribution in [2.75, 3.05) is 0 Å². The number of nitrogens with zero attached hydrogens (tertiary/aromatic N) is 3. The van der Waals surface area contributed by atoms with E-state index in [0.29, 0.717) is 103 Å². The lowest BCUT2D eigenvalue weighted by molar-refractivity contribution is 0.105. The van der Waals surface area contributed by atoms with Crippen molar-refractivity contribution in [2.24, 2.45) is 35.5 Å². The zero-order valence-electron chi connectivity index (χ0n) is 53.2. The highest BCUT2D eigenvalue weighted by Crippen LogP contribution is 2.42. The summed E-state index contributed by atoms with van der Waals surface area (Å²) in [6.45, 7) is 25.3. The van der Waals surface area contributed by atoms with E-state index in [4.69, 9.17) is 14.2 Å². The van der Waals surface area contributed by atoms with E-state index in [-0.39, 0.29) is 86.1 Å². The molecule has 90 heavy (non-hydrogen) atoms. The second kappa shape index (κ2) is 22.9. The van der Waals surface area contributed by atoms with Crippen LogP contribution in [0.25, 0.3) is 98.4 Å². The molecule has 3 aliphatic carbocycles. The molecule has 0 radical (unpaired) electrons. The van der Waals surface area contributed by atoms with Crippen molar-refractivity contribution < 1.29 is 14.2 Å². The minimum Gasteiger partial charge on any atom is -0.490 e. The third-order valence-corrected chi connectivity index (χ3v) is 18.6. The summed E-state index contributed by atoms with van der Waals surface area (Å²) in [5.74, 6) is 2.59. The Labute approximate surface area is 521 Å². The van der Waals surface area contributed by atoms with E-state index in [1.807, 2.05) is 78.9 Å². The van der Waals surface area contributed by atoms with Gasteiger partial charge in [0.15, 0.2) is 0 Å². The fourth-order valence-electron chi connectivity index (χ4n) is 14.5. The standard InChI is InChI=1S/C78H75N3O9/c1-40(2)70(41(3)4)88-49-25-28-52(46-19-13-14-20-46)67(31-49)79-73(82)61-34-55-56(35-62(61)74(79)83)58-37-64-66(78(87)81(76(64)85)69-33-51(90-72(44(9)10)45(11)12)27-30-54(69)48-23-17-18-24-48)39-60(58)59-38-65-63(36-57(55)59)75(84)80(77(65)86)68-32-50(89-71(42(5)6)43(7)8)26-29-53(68)47-21-15-16-22-47/h13-15,17,19,21-45,70-72H,16,18,20H2,1-12H3. The number of aromatic nitrogens is 3. The van der Waals surface area contributed by atoms with Crippen LogP contribution in [0.1, 0.15) is 119 Å². The lowest BCUT2D eigenvalue weighted by Gasteiger charge is -2.26. The molecule has 0 N–H and O–H groups in total. The molecular formula is C78H75N3O9. The summed E-state index contributed by atoms with van der Waals surface area (Å²) >= 11 is 0. The van der Waals surface area contributed by atoms with Crippen molar-refractivity contribution in [3.63, 3.8) is 0 Å². The van der Waals surface area contributed by atoms with Crippen LogP contribution in [0.4, 0.5) is 0 Å². The normalized spacial score (nSPS) is 14.4. The van der Waals surface area contributed by atoms with Gasteiger partial charge in [-0.3, -0.25) is 28.8 Å². The first-order chi connectivity index (χ1) is 43.1. The van der Waals surface area contributed by atoms with Crippen LogP contribution in [0.15, 0.2) is 174 Å². The lowest BCUT2D eigenvalue weighted by Crippen LogP contribution is -2.29. The molecule has 12 nitrogen and oxygen atoms in total. The molecule has 0 saturated carbocycles. The van der Waals surface area contributed by atoms with E-state index < -0.39 is 33.4 Å². The third kappa shape index (κ3) is 9.90. The number of hydrogen-bond donors (Lipinski definition) is 0. The number of rotatable bonds is 18. The number of benzene rings is 7. The summed E-state index contributed by atoms with van der Waals surface area (Å²) in [6, 6.07) is 26.9. The molecule has 3 aliphatic rings. The zero-order valence-corrected chi connectivity index (χ0v) is 53.2. The van der Waals surface area contributed by atoms with Crippen molar-refractivity contribution in [3.8, 4) is 34.3 Å². The first kappa shape index (κ1) is 59.5. The van der Waals surface area contributed by atoms with Crippen LogP contribution >= 0.6 is 0 Å². The lowest BCUT2D eigenvalue weighted by atomic mass is 9.91. The smallest absolute Gasteiger partial charge is 0.266 e. The molecule has 0 fully saturated rings. The van der Waals surface area contributed by atoms with Gasteiger partial charge in [-0.25, -0.2) is 13.7 Å². The van der Waals surface area contributed by atoms with Gasteiger partial charge in [-0.05, 0) is 177 Å². The van der Waals surface area contributed by atoms with Gasteiger partial charge in [-0.1, -0.05) is 138 Å².